The molecule has 2 atom stereocenters. The number of amides is 1. The van der Waals surface area contributed by atoms with Crippen molar-refractivity contribution in [1.82, 2.24) is 5.32 Å². The second-order valence-electron chi connectivity index (χ2n) is 9.13. The summed E-state index contributed by atoms with van der Waals surface area (Å²) in [6.45, 7) is 5.60. The Morgan fingerprint density at radius 3 is 2.59 bits per heavy atom. The number of rotatable bonds is 1. The lowest BCUT2D eigenvalue weighted by atomic mass is 9.60. The Kier molecular flexibility index (Phi) is 4.32. The van der Waals surface area contributed by atoms with Crippen molar-refractivity contribution in [2.75, 3.05) is 5.32 Å². The van der Waals surface area contributed by atoms with E-state index in [1.54, 1.807) is 6.07 Å². The first kappa shape index (κ1) is 18.8. The monoisotopic (exact) mass is 390 g/mol. The highest BCUT2D eigenvalue weighted by Gasteiger charge is 2.66. The van der Waals surface area contributed by atoms with Crippen LogP contribution in [-0.2, 0) is 19.7 Å². The first-order valence-corrected chi connectivity index (χ1v) is 10.2. The van der Waals surface area contributed by atoms with Crippen LogP contribution in [0.5, 0.6) is 0 Å². The van der Waals surface area contributed by atoms with E-state index in [9.17, 15) is 9.59 Å². The largest absolute Gasteiger partial charge is 0.459 e. The maximum Gasteiger partial charge on any atom is 0.323 e. The van der Waals surface area contributed by atoms with Crippen molar-refractivity contribution in [2.45, 2.75) is 81.9 Å². The summed E-state index contributed by atoms with van der Waals surface area (Å²) in [6, 6.07) is 5.10. The Hall–Kier alpha value is -1.59. The fourth-order valence-electron chi connectivity index (χ4n) is 5.27. The van der Waals surface area contributed by atoms with E-state index in [2.05, 4.69) is 10.6 Å². The van der Waals surface area contributed by atoms with Gasteiger partial charge in [0.1, 0.15) is 11.6 Å². The van der Waals surface area contributed by atoms with Gasteiger partial charge in [0, 0.05) is 16.2 Å². The van der Waals surface area contributed by atoms with Gasteiger partial charge >= 0.3 is 5.97 Å². The van der Waals surface area contributed by atoms with E-state index in [0.717, 1.165) is 43.4 Å². The first-order chi connectivity index (χ1) is 12.7. The van der Waals surface area contributed by atoms with Crippen LogP contribution >= 0.6 is 11.6 Å². The van der Waals surface area contributed by atoms with Crippen LogP contribution in [0.25, 0.3) is 0 Å². The highest BCUT2D eigenvalue weighted by molar-refractivity contribution is 6.31. The van der Waals surface area contributed by atoms with Crippen LogP contribution in [0, 0.1) is 0 Å². The molecule has 2 spiro atoms. The van der Waals surface area contributed by atoms with Crippen LogP contribution in [0.4, 0.5) is 5.69 Å². The number of hydrogen-bond donors (Lipinski definition) is 2. The molecule has 2 fully saturated rings. The number of hydrogen-bond acceptors (Lipinski definition) is 4. The normalized spacial score (nSPS) is 29.0. The number of esters is 1. The number of carbonyl (C=O) groups is 2. The van der Waals surface area contributed by atoms with Crippen LogP contribution < -0.4 is 10.6 Å². The predicted molar refractivity (Wildman–Crippen MR) is 105 cm³/mol. The van der Waals surface area contributed by atoms with Gasteiger partial charge in [-0.15, -0.1) is 0 Å². The molecule has 1 aromatic rings. The van der Waals surface area contributed by atoms with Crippen molar-refractivity contribution in [3.8, 4) is 0 Å². The Morgan fingerprint density at radius 2 is 1.93 bits per heavy atom. The third-order valence-electron chi connectivity index (χ3n) is 6.25. The number of anilines is 1. The Morgan fingerprint density at radius 1 is 1.22 bits per heavy atom. The topological polar surface area (TPSA) is 67.4 Å². The molecule has 2 heterocycles. The summed E-state index contributed by atoms with van der Waals surface area (Å²) in [5.41, 5.74) is -0.0101. The molecule has 3 aliphatic rings. The van der Waals surface area contributed by atoms with Gasteiger partial charge in [0.05, 0.1) is 5.41 Å². The molecule has 1 aromatic carbocycles. The maximum atomic E-state index is 13.3. The van der Waals surface area contributed by atoms with Crippen LogP contribution in [0.2, 0.25) is 5.02 Å². The molecule has 1 saturated heterocycles. The lowest BCUT2D eigenvalue weighted by Gasteiger charge is -2.45. The van der Waals surface area contributed by atoms with Crippen molar-refractivity contribution in [1.29, 1.82) is 0 Å². The van der Waals surface area contributed by atoms with Gasteiger partial charge < -0.3 is 10.1 Å². The molecule has 27 heavy (non-hydrogen) atoms. The molecule has 1 saturated carbocycles. The number of fused-ring (bicyclic) bond motifs is 3. The highest BCUT2D eigenvalue weighted by atomic mass is 35.5. The summed E-state index contributed by atoms with van der Waals surface area (Å²) < 4.78 is 5.65. The van der Waals surface area contributed by atoms with Crippen molar-refractivity contribution in [2.24, 2.45) is 0 Å². The van der Waals surface area contributed by atoms with E-state index < -0.39 is 22.6 Å². The Labute approximate surface area is 165 Å². The first-order valence-electron chi connectivity index (χ1n) is 9.79. The Balaban J connectivity index is 1.78. The molecule has 1 unspecified atom stereocenters. The van der Waals surface area contributed by atoms with Gasteiger partial charge in [0.25, 0.3) is 0 Å². The molecule has 2 N–H and O–H groups in total. The van der Waals surface area contributed by atoms with Crippen LogP contribution in [0.15, 0.2) is 18.2 Å². The molecule has 146 valence electrons. The lowest BCUT2D eigenvalue weighted by Crippen LogP contribution is -2.59. The molecule has 1 amide bonds. The molecule has 4 rings (SSSR count). The van der Waals surface area contributed by atoms with Crippen LogP contribution in [-0.4, -0.2) is 29.1 Å². The minimum absolute atomic E-state index is 0.0276. The summed E-state index contributed by atoms with van der Waals surface area (Å²) in [5, 5.41) is 7.21. The molecule has 6 heteroatoms. The molecule has 2 aliphatic heterocycles. The van der Waals surface area contributed by atoms with Gasteiger partial charge in [0.2, 0.25) is 5.91 Å². The van der Waals surface area contributed by atoms with Gasteiger partial charge in [0.15, 0.2) is 0 Å². The summed E-state index contributed by atoms with van der Waals surface area (Å²) >= 11 is 6.15. The van der Waals surface area contributed by atoms with Crippen molar-refractivity contribution in [3.63, 3.8) is 0 Å². The standard InChI is InChI=1S/C21H27ClN2O3/c1-19(2,3)27-17(25)16-12-21(20(24-16)9-5-4-6-10-20)14-8-7-13(22)11-15(14)23-18(21)26/h7-8,11,16,24H,4-6,9-10,12H2,1-3H3,(H,23,26)/t16?,21-/m1/s1. The zero-order valence-corrected chi connectivity index (χ0v) is 16.9. The number of benzene rings is 1. The van der Waals surface area contributed by atoms with E-state index >= 15 is 0 Å². The third-order valence-corrected chi connectivity index (χ3v) is 6.49. The van der Waals surface area contributed by atoms with Crippen molar-refractivity contribution >= 4 is 29.2 Å². The summed E-state index contributed by atoms with van der Waals surface area (Å²) in [4.78, 5) is 26.2. The fraction of sp³-hybridized carbons (Fsp3) is 0.619. The minimum atomic E-state index is -0.755. The molecular formula is C21H27ClN2O3. The summed E-state index contributed by atoms with van der Waals surface area (Å²) in [5.74, 6) is -0.306. The average Bonchev–Trinajstić information content (AvgIpc) is 3.04. The maximum absolute atomic E-state index is 13.3. The predicted octanol–water partition coefficient (Wildman–Crippen LogP) is 3.94. The molecule has 5 nitrogen and oxygen atoms in total. The number of ether oxygens (including phenoxy) is 1. The van der Waals surface area contributed by atoms with E-state index in [4.69, 9.17) is 16.3 Å². The van der Waals surface area contributed by atoms with Gasteiger partial charge in [-0.3, -0.25) is 14.9 Å². The van der Waals surface area contributed by atoms with E-state index in [-0.39, 0.29) is 11.9 Å². The summed E-state index contributed by atoms with van der Waals surface area (Å²) in [7, 11) is 0. The van der Waals surface area contributed by atoms with Crippen LogP contribution in [0.1, 0.15) is 64.9 Å². The van der Waals surface area contributed by atoms with E-state index in [1.165, 1.54) is 0 Å². The molecule has 0 radical (unpaired) electrons. The van der Waals surface area contributed by atoms with Gasteiger partial charge in [-0.25, -0.2) is 0 Å². The third kappa shape index (κ3) is 2.87. The van der Waals surface area contributed by atoms with Crippen molar-refractivity contribution < 1.29 is 14.3 Å². The van der Waals surface area contributed by atoms with E-state index in [1.807, 2.05) is 32.9 Å². The number of nitrogens with one attached hydrogen (secondary N) is 2. The quantitative estimate of drug-likeness (QED) is 0.713. The molecule has 1 aliphatic carbocycles. The molecule has 0 bridgehead atoms. The Bertz CT molecular complexity index is 795. The van der Waals surface area contributed by atoms with Crippen LogP contribution in [0.3, 0.4) is 0 Å². The minimum Gasteiger partial charge on any atom is -0.459 e. The van der Waals surface area contributed by atoms with Gasteiger partial charge in [-0.1, -0.05) is 36.9 Å². The lowest BCUT2D eigenvalue weighted by molar-refractivity contribution is -0.157. The highest BCUT2D eigenvalue weighted by Crippen LogP contribution is 2.56. The fourth-order valence-corrected chi connectivity index (χ4v) is 5.44. The summed E-state index contributed by atoms with van der Waals surface area (Å²) in [6.07, 6.45) is 5.43. The van der Waals surface area contributed by atoms with E-state index in [0.29, 0.717) is 11.4 Å². The molecule has 0 aromatic heterocycles. The number of halogens is 1. The molecular weight excluding hydrogens is 364 g/mol. The second kappa shape index (κ2) is 6.21. The van der Waals surface area contributed by atoms with Crippen molar-refractivity contribution in [3.05, 3.63) is 28.8 Å². The average molecular weight is 391 g/mol. The van der Waals surface area contributed by atoms with Gasteiger partial charge in [-0.05, 0) is 57.7 Å². The smallest absolute Gasteiger partial charge is 0.323 e. The zero-order chi connectivity index (χ0) is 19.4. The number of carbonyl (C=O) groups excluding carboxylic acids is 2. The SMILES string of the molecule is CC(C)(C)OC(=O)C1C[C@@]2(C(=O)Nc3cc(Cl)ccc32)C2(CCCCC2)N1. The zero-order valence-electron chi connectivity index (χ0n) is 16.2. The second-order valence-corrected chi connectivity index (χ2v) is 9.56. The van der Waals surface area contributed by atoms with Gasteiger partial charge in [-0.2, -0.15) is 0 Å².